The molecule has 0 spiro atoms. The highest BCUT2D eigenvalue weighted by molar-refractivity contribution is 9.10. The zero-order valence-electron chi connectivity index (χ0n) is 20.6. The number of hydrogen-bond donors (Lipinski definition) is 0. The Morgan fingerprint density at radius 2 is 2.00 bits per heavy atom. The normalized spacial score (nSPS) is 15.2. The molecule has 0 N–H and O–H groups in total. The predicted molar refractivity (Wildman–Crippen MR) is 139 cm³/mol. The first-order chi connectivity index (χ1) is 17.4. The van der Waals surface area contributed by atoms with E-state index in [1.807, 2.05) is 37.4 Å². The molecular weight excluding hydrogens is 524 g/mol. The van der Waals surface area contributed by atoms with Gasteiger partial charge in [0.15, 0.2) is 0 Å². The van der Waals surface area contributed by atoms with Gasteiger partial charge in [-0.3, -0.25) is 24.1 Å². The zero-order chi connectivity index (χ0) is 25.7. The number of hydrogen-bond acceptors (Lipinski definition) is 7. The van der Waals surface area contributed by atoms with E-state index in [4.69, 9.17) is 19.5 Å². The molecule has 0 saturated heterocycles. The Balaban J connectivity index is 1.55. The summed E-state index contributed by atoms with van der Waals surface area (Å²) in [5.74, 6) is -0.518. The van der Waals surface area contributed by atoms with E-state index in [9.17, 15) is 9.59 Å². The second-order valence-corrected chi connectivity index (χ2v) is 9.60. The molecular formula is C27H29BrN4O4. The Morgan fingerprint density at radius 3 is 2.75 bits per heavy atom. The van der Waals surface area contributed by atoms with Gasteiger partial charge in [0.2, 0.25) is 0 Å². The molecule has 2 aromatic heterocycles. The van der Waals surface area contributed by atoms with Gasteiger partial charge in [-0.05, 0) is 57.0 Å². The maximum Gasteiger partial charge on any atom is 0.309 e. The fraction of sp³-hybridized carbons (Fsp3) is 0.370. The van der Waals surface area contributed by atoms with Gasteiger partial charge in [-0.1, -0.05) is 28.9 Å². The molecule has 4 rings (SSSR count). The molecule has 0 radical (unpaired) electrons. The predicted octanol–water partition coefficient (Wildman–Crippen LogP) is 5.14. The van der Waals surface area contributed by atoms with Crippen LogP contribution in [0.5, 0.6) is 0 Å². The molecule has 188 valence electrons. The number of benzene rings is 1. The number of nitrogens with zero attached hydrogens (tertiary/aromatic N) is 4. The van der Waals surface area contributed by atoms with Crippen molar-refractivity contribution in [1.82, 2.24) is 14.5 Å². The Labute approximate surface area is 218 Å². The minimum Gasteiger partial charge on any atom is -0.466 e. The third-order valence-electron chi connectivity index (χ3n) is 5.96. The molecule has 2 atom stereocenters. The van der Waals surface area contributed by atoms with Crippen molar-refractivity contribution in [3.05, 3.63) is 76.0 Å². The second kappa shape index (κ2) is 11.6. The molecule has 1 aliphatic heterocycles. The van der Waals surface area contributed by atoms with Gasteiger partial charge in [-0.25, -0.2) is 4.98 Å². The third-order valence-corrected chi connectivity index (χ3v) is 6.45. The summed E-state index contributed by atoms with van der Waals surface area (Å²) < 4.78 is 13.5. The van der Waals surface area contributed by atoms with Gasteiger partial charge in [-0.15, -0.1) is 0 Å². The summed E-state index contributed by atoms with van der Waals surface area (Å²) in [4.78, 5) is 38.4. The fourth-order valence-corrected chi connectivity index (χ4v) is 4.59. The van der Waals surface area contributed by atoms with Gasteiger partial charge in [-0.2, -0.15) is 0 Å². The van der Waals surface area contributed by atoms with Gasteiger partial charge >= 0.3 is 11.9 Å². The van der Waals surface area contributed by atoms with E-state index in [0.29, 0.717) is 19.4 Å². The lowest BCUT2D eigenvalue weighted by atomic mass is 10.0. The first-order valence-electron chi connectivity index (χ1n) is 12.0. The number of ether oxygens (including phenoxy) is 2. The molecule has 0 bridgehead atoms. The van der Waals surface area contributed by atoms with Gasteiger partial charge in [0.1, 0.15) is 11.9 Å². The Morgan fingerprint density at radius 1 is 1.17 bits per heavy atom. The van der Waals surface area contributed by atoms with Crippen LogP contribution in [0.4, 0.5) is 0 Å². The van der Waals surface area contributed by atoms with Gasteiger partial charge in [0, 0.05) is 28.1 Å². The number of carbonyl (C=O) groups excluding carboxylic acids is 2. The number of aryl methyl sites for hydroxylation is 1. The summed E-state index contributed by atoms with van der Waals surface area (Å²) in [6, 6.07) is 11.7. The highest BCUT2D eigenvalue weighted by Crippen LogP contribution is 2.34. The van der Waals surface area contributed by atoms with Crippen LogP contribution < -0.4 is 0 Å². The summed E-state index contributed by atoms with van der Waals surface area (Å²) >= 11 is 3.60. The van der Waals surface area contributed by atoms with Crippen LogP contribution in [0, 0.1) is 12.8 Å². The molecule has 3 aromatic rings. The monoisotopic (exact) mass is 552 g/mol. The topological polar surface area (TPSA) is 95.7 Å². The standard InChI is InChI=1S/C27H29BrN4O4/c1-4-35-24(33)14-17(2)27(34)36-13-7-9-22-26-30-16-18(3)32(26)23-11-10-19(28)15-20(23)25(31-22)21-8-5-6-12-29-21/h5-6,8,10-12,15-17,22H,4,7,9,13-14H2,1-3H3/t17?,22-/m0/s1. The van der Waals surface area contributed by atoms with E-state index in [0.717, 1.165) is 38.6 Å². The van der Waals surface area contributed by atoms with Crippen LogP contribution in [0.2, 0.25) is 0 Å². The quantitative estimate of drug-likeness (QED) is 0.269. The second-order valence-electron chi connectivity index (χ2n) is 8.68. The van der Waals surface area contributed by atoms with Crippen molar-refractivity contribution in [3.63, 3.8) is 0 Å². The number of fused-ring (bicyclic) bond motifs is 3. The van der Waals surface area contributed by atoms with Gasteiger partial charge < -0.3 is 9.47 Å². The van der Waals surface area contributed by atoms with Crippen molar-refractivity contribution in [2.45, 2.75) is 46.1 Å². The van der Waals surface area contributed by atoms with Crippen molar-refractivity contribution in [1.29, 1.82) is 0 Å². The van der Waals surface area contributed by atoms with E-state index in [2.05, 4.69) is 37.6 Å². The average Bonchev–Trinajstić information content (AvgIpc) is 3.18. The average molecular weight is 553 g/mol. The van der Waals surface area contributed by atoms with Crippen molar-refractivity contribution in [2.24, 2.45) is 10.9 Å². The number of rotatable bonds is 9. The molecule has 36 heavy (non-hydrogen) atoms. The lowest BCUT2D eigenvalue weighted by Crippen LogP contribution is -2.20. The largest absolute Gasteiger partial charge is 0.466 e. The van der Waals surface area contributed by atoms with Crippen LogP contribution in [0.1, 0.15) is 61.9 Å². The number of aromatic nitrogens is 3. The molecule has 0 fully saturated rings. The molecule has 1 aromatic carbocycles. The van der Waals surface area contributed by atoms with Crippen molar-refractivity contribution >= 4 is 33.6 Å². The minimum atomic E-state index is -0.551. The smallest absolute Gasteiger partial charge is 0.309 e. The molecule has 0 amide bonds. The van der Waals surface area contributed by atoms with E-state index in [-0.39, 0.29) is 19.1 Å². The van der Waals surface area contributed by atoms with Gasteiger partial charge in [0.25, 0.3) is 0 Å². The summed E-state index contributed by atoms with van der Waals surface area (Å²) in [6.45, 7) is 5.95. The first-order valence-corrected chi connectivity index (χ1v) is 12.8. The Hall–Kier alpha value is -3.33. The number of carbonyl (C=O) groups is 2. The van der Waals surface area contributed by atoms with Crippen molar-refractivity contribution in [3.8, 4) is 5.69 Å². The van der Waals surface area contributed by atoms with Crippen molar-refractivity contribution < 1.29 is 19.1 Å². The summed E-state index contributed by atoms with van der Waals surface area (Å²) in [5.41, 5.74) is 4.54. The van der Waals surface area contributed by atoms with E-state index in [1.54, 1.807) is 20.0 Å². The van der Waals surface area contributed by atoms with Crippen LogP contribution in [0.3, 0.4) is 0 Å². The molecule has 3 heterocycles. The number of halogens is 1. The number of imidazole rings is 1. The first kappa shape index (κ1) is 25.8. The number of pyridine rings is 1. The third kappa shape index (κ3) is 5.73. The maximum atomic E-state index is 12.3. The van der Waals surface area contributed by atoms with Crippen LogP contribution in [-0.2, 0) is 19.1 Å². The van der Waals surface area contributed by atoms with E-state index in [1.165, 1.54) is 0 Å². The van der Waals surface area contributed by atoms with E-state index < -0.39 is 17.9 Å². The van der Waals surface area contributed by atoms with Crippen LogP contribution >= 0.6 is 15.9 Å². The Bertz CT molecular complexity index is 1270. The Kier molecular flexibility index (Phi) is 8.30. The molecule has 9 heteroatoms. The molecule has 1 aliphatic rings. The van der Waals surface area contributed by atoms with Crippen molar-refractivity contribution in [2.75, 3.05) is 13.2 Å². The van der Waals surface area contributed by atoms with Crippen LogP contribution in [0.25, 0.3) is 5.69 Å². The maximum absolute atomic E-state index is 12.3. The molecule has 1 unspecified atom stereocenters. The fourth-order valence-electron chi connectivity index (χ4n) is 4.23. The van der Waals surface area contributed by atoms with E-state index >= 15 is 0 Å². The van der Waals surface area contributed by atoms with Gasteiger partial charge in [0.05, 0.1) is 42.6 Å². The summed E-state index contributed by atoms with van der Waals surface area (Å²) in [5, 5.41) is 0. The minimum absolute atomic E-state index is 0.0115. The molecule has 0 saturated carbocycles. The zero-order valence-corrected chi connectivity index (χ0v) is 22.2. The highest BCUT2D eigenvalue weighted by Gasteiger charge is 2.28. The lowest BCUT2D eigenvalue weighted by molar-refractivity contribution is -0.154. The SMILES string of the molecule is CCOC(=O)CC(C)C(=O)OCCC[C@@H]1N=C(c2ccccn2)c2cc(Br)ccc2-n2c(C)cnc21. The summed E-state index contributed by atoms with van der Waals surface area (Å²) in [6.07, 6.45) is 4.84. The molecule has 8 nitrogen and oxygen atoms in total. The summed E-state index contributed by atoms with van der Waals surface area (Å²) in [7, 11) is 0. The van der Waals surface area contributed by atoms with Crippen LogP contribution in [0.15, 0.2) is 58.3 Å². The lowest BCUT2D eigenvalue weighted by Gasteiger charge is -2.15. The van der Waals surface area contributed by atoms with Crippen LogP contribution in [-0.4, -0.2) is 45.4 Å². The number of aliphatic imine (C=N–C) groups is 1. The number of esters is 2. The highest BCUT2D eigenvalue weighted by atomic mass is 79.9. The molecule has 0 aliphatic carbocycles.